The van der Waals surface area contributed by atoms with Crippen molar-refractivity contribution in [2.24, 2.45) is 0 Å². The Bertz CT molecular complexity index is 725. The van der Waals surface area contributed by atoms with Crippen molar-refractivity contribution in [3.05, 3.63) is 65.2 Å². The van der Waals surface area contributed by atoms with Crippen molar-refractivity contribution in [3.8, 4) is 0 Å². The lowest BCUT2D eigenvalue weighted by Gasteiger charge is -2.39. The van der Waals surface area contributed by atoms with Crippen LogP contribution in [0.5, 0.6) is 0 Å². The number of amides is 1. The summed E-state index contributed by atoms with van der Waals surface area (Å²) in [7, 11) is 0. The van der Waals surface area contributed by atoms with Crippen molar-refractivity contribution in [2.45, 2.75) is 39.8 Å². The first-order chi connectivity index (χ1) is 11.6. The van der Waals surface area contributed by atoms with Crippen LogP contribution in [-0.4, -0.2) is 29.9 Å². The average molecular weight is 322 g/mol. The van der Waals surface area contributed by atoms with Crippen molar-refractivity contribution in [1.82, 2.24) is 4.90 Å². The number of nitrogens with zero attached hydrogens (tertiary/aromatic N) is 2. The summed E-state index contributed by atoms with van der Waals surface area (Å²) >= 11 is 0. The number of anilines is 1. The maximum atomic E-state index is 12.9. The molecule has 0 spiro atoms. The summed E-state index contributed by atoms with van der Waals surface area (Å²) in [5, 5.41) is 0. The molecule has 2 aromatic carbocycles. The number of piperazine rings is 1. The number of hydrogen-bond acceptors (Lipinski definition) is 2. The van der Waals surface area contributed by atoms with Gasteiger partial charge in [-0.05, 0) is 37.5 Å². The highest BCUT2D eigenvalue weighted by Crippen LogP contribution is 2.25. The molecular formula is C21H26N2O. The average Bonchev–Trinajstić information content (AvgIpc) is 2.59. The molecule has 3 heteroatoms. The quantitative estimate of drug-likeness (QED) is 0.855. The Kier molecular flexibility index (Phi) is 5.00. The van der Waals surface area contributed by atoms with Crippen LogP contribution in [0.2, 0.25) is 0 Å². The molecular weight excluding hydrogens is 296 g/mol. The van der Waals surface area contributed by atoms with Crippen molar-refractivity contribution in [1.29, 1.82) is 0 Å². The summed E-state index contributed by atoms with van der Waals surface area (Å²) in [4.78, 5) is 17.2. The van der Waals surface area contributed by atoms with E-state index in [1.54, 1.807) is 0 Å². The molecule has 1 saturated heterocycles. The second-order valence-electron chi connectivity index (χ2n) is 6.61. The molecule has 1 aliphatic heterocycles. The molecule has 0 radical (unpaired) electrons. The molecule has 0 saturated carbocycles. The number of benzene rings is 2. The number of rotatable bonds is 4. The van der Waals surface area contributed by atoms with E-state index >= 15 is 0 Å². The molecule has 1 heterocycles. The van der Waals surface area contributed by atoms with Crippen LogP contribution in [0.4, 0.5) is 5.69 Å². The summed E-state index contributed by atoms with van der Waals surface area (Å²) in [5.41, 5.74) is 4.86. The van der Waals surface area contributed by atoms with Gasteiger partial charge < -0.3 is 4.90 Å². The summed E-state index contributed by atoms with van der Waals surface area (Å²) in [6, 6.07) is 16.7. The minimum Gasteiger partial charge on any atom is -0.310 e. The molecule has 1 unspecified atom stereocenters. The fraction of sp³-hybridized carbons (Fsp3) is 0.381. The number of carbonyl (C=O) groups excluding carboxylic acids is 1. The predicted molar refractivity (Wildman–Crippen MR) is 99.2 cm³/mol. The third-order valence-electron chi connectivity index (χ3n) is 4.91. The molecule has 1 fully saturated rings. The van der Waals surface area contributed by atoms with E-state index in [2.05, 4.69) is 55.1 Å². The molecule has 3 nitrogen and oxygen atoms in total. The van der Waals surface area contributed by atoms with Gasteiger partial charge in [0.05, 0.1) is 6.04 Å². The van der Waals surface area contributed by atoms with E-state index in [0.717, 1.165) is 31.7 Å². The highest BCUT2D eigenvalue weighted by molar-refractivity contribution is 5.98. The third kappa shape index (κ3) is 3.36. The minimum absolute atomic E-state index is 0.0934. The second-order valence-corrected chi connectivity index (χ2v) is 6.61. The topological polar surface area (TPSA) is 23.6 Å². The summed E-state index contributed by atoms with van der Waals surface area (Å²) in [6.07, 6.45) is 0.946. The summed E-state index contributed by atoms with van der Waals surface area (Å²) in [6.45, 7) is 8.76. The Morgan fingerprint density at radius 2 is 1.88 bits per heavy atom. The van der Waals surface area contributed by atoms with Gasteiger partial charge in [0.1, 0.15) is 0 Å². The fourth-order valence-electron chi connectivity index (χ4n) is 3.49. The molecule has 126 valence electrons. The van der Waals surface area contributed by atoms with Crippen LogP contribution in [0.25, 0.3) is 0 Å². The lowest BCUT2D eigenvalue weighted by molar-refractivity contribution is -0.125. The number of aryl methyl sites for hydroxylation is 2. The van der Waals surface area contributed by atoms with E-state index < -0.39 is 0 Å². The zero-order chi connectivity index (χ0) is 17.1. The molecule has 3 rings (SSSR count). The first-order valence-corrected chi connectivity index (χ1v) is 8.79. The highest BCUT2D eigenvalue weighted by atomic mass is 16.2. The molecule has 1 aliphatic rings. The monoisotopic (exact) mass is 322 g/mol. The van der Waals surface area contributed by atoms with Gasteiger partial charge in [0.2, 0.25) is 5.91 Å². The van der Waals surface area contributed by atoms with E-state index in [-0.39, 0.29) is 11.9 Å². The van der Waals surface area contributed by atoms with E-state index in [0.29, 0.717) is 0 Å². The standard InChI is InChI=1S/C21H26N2O/c1-4-19-10-5-6-11-20(19)23-13-12-22(17(3)21(23)24)15-18-9-7-8-16(2)14-18/h5-11,14,17H,4,12-13,15H2,1-3H3. The first kappa shape index (κ1) is 16.7. The smallest absolute Gasteiger partial charge is 0.244 e. The Labute approximate surface area is 144 Å². The van der Waals surface area contributed by atoms with Gasteiger partial charge in [-0.3, -0.25) is 9.69 Å². The largest absolute Gasteiger partial charge is 0.310 e. The molecule has 0 N–H and O–H groups in total. The first-order valence-electron chi connectivity index (χ1n) is 8.79. The molecule has 0 aliphatic carbocycles. The molecule has 0 aromatic heterocycles. The number of para-hydroxylation sites is 1. The van der Waals surface area contributed by atoms with Crippen molar-refractivity contribution >= 4 is 11.6 Å². The Morgan fingerprint density at radius 1 is 1.08 bits per heavy atom. The van der Waals surface area contributed by atoms with E-state index in [1.165, 1.54) is 16.7 Å². The van der Waals surface area contributed by atoms with Crippen molar-refractivity contribution < 1.29 is 4.79 Å². The molecule has 0 bridgehead atoms. The summed E-state index contributed by atoms with van der Waals surface area (Å²) in [5.74, 6) is 0.204. The Hall–Kier alpha value is -2.13. The predicted octanol–water partition coefficient (Wildman–Crippen LogP) is 3.79. The summed E-state index contributed by atoms with van der Waals surface area (Å²) < 4.78 is 0. The van der Waals surface area contributed by atoms with Gasteiger partial charge in [0.15, 0.2) is 0 Å². The lowest BCUT2D eigenvalue weighted by atomic mass is 10.1. The van der Waals surface area contributed by atoms with E-state index in [1.807, 2.05) is 24.0 Å². The Morgan fingerprint density at radius 3 is 2.62 bits per heavy atom. The van der Waals surface area contributed by atoms with E-state index in [4.69, 9.17) is 0 Å². The fourth-order valence-corrected chi connectivity index (χ4v) is 3.49. The maximum Gasteiger partial charge on any atom is 0.244 e. The molecule has 2 aromatic rings. The zero-order valence-corrected chi connectivity index (χ0v) is 14.8. The van der Waals surface area contributed by atoms with Crippen molar-refractivity contribution in [2.75, 3.05) is 18.0 Å². The maximum absolute atomic E-state index is 12.9. The van der Waals surface area contributed by atoms with Gasteiger partial charge >= 0.3 is 0 Å². The van der Waals surface area contributed by atoms with E-state index in [9.17, 15) is 4.79 Å². The van der Waals surface area contributed by atoms with Crippen LogP contribution < -0.4 is 4.90 Å². The number of hydrogen-bond donors (Lipinski definition) is 0. The molecule has 1 amide bonds. The lowest BCUT2D eigenvalue weighted by Crippen LogP contribution is -2.55. The SMILES string of the molecule is CCc1ccccc1N1CCN(Cc2cccc(C)c2)C(C)C1=O. The normalized spacial score (nSPS) is 18.9. The van der Waals surface area contributed by atoms with Crippen molar-refractivity contribution in [3.63, 3.8) is 0 Å². The van der Waals surface area contributed by atoms with Gasteiger partial charge in [-0.15, -0.1) is 0 Å². The minimum atomic E-state index is -0.0934. The second kappa shape index (κ2) is 7.18. The van der Waals surface area contributed by atoms with Crippen LogP contribution in [0.15, 0.2) is 48.5 Å². The van der Waals surface area contributed by atoms with Gasteiger partial charge in [-0.25, -0.2) is 0 Å². The van der Waals surface area contributed by atoms with Crippen LogP contribution in [0, 0.1) is 6.92 Å². The highest BCUT2D eigenvalue weighted by Gasteiger charge is 2.32. The molecule has 1 atom stereocenters. The molecule has 24 heavy (non-hydrogen) atoms. The van der Waals surface area contributed by atoms with Crippen LogP contribution in [0.3, 0.4) is 0 Å². The van der Waals surface area contributed by atoms with Gasteiger partial charge in [-0.2, -0.15) is 0 Å². The number of carbonyl (C=O) groups is 1. The third-order valence-corrected chi connectivity index (χ3v) is 4.91. The van der Waals surface area contributed by atoms with Crippen LogP contribution in [-0.2, 0) is 17.8 Å². The van der Waals surface area contributed by atoms with Crippen LogP contribution >= 0.6 is 0 Å². The van der Waals surface area contributed by atoms with Gasteiger partial charge in [0, 0.05) is 25.3 Å². The van der Waals surface area contributed by atoms with Gasteiger partial charge in [0.25, 0.3) is 0 Å². The zero-order valence-electron chi connectivity index (χ0n) is 14.8. The Balaban J connectivity index is 1.76. The van der Waals surface area contributed by atoms with Crippen LogP contribution in [0.1, 0.15) is 30.5 Å². The van der Waals surface area contributed by atoms with Gasteiger partial charge in [-0.1, -0.05) is 55.0 Å².